The minimum atomic E-state index is -1.19. The number of fused-ring (bicyclic) bond motifs is 1. The van der Waals surface area contributed by atoms with Gasteiger partial charge >= 0.3 is 6.09 Å². The molecule has 6 amide bonds. The summed E-state index contributed by atoms with van der Waals surface area (Å²) in [6.45, 7) is 10.7. The summed E-state index contributed by atoms with van der Waals surface area (Å²) in [6, 6.07) is 4.57. The van der Waals surface area contributed by atoms with Crippen LogP contribution in [-0.4, -0.2) is 102 Å². The number of ether oxygens (including phenoxy) is 1. The number of alkyl carbamates (subject to hydrolysis) is 1. The van der Waals surface area contributed by atoms with Crippen molar-refractivity contribution < 1.29 is 38.3 Å². The zero-order chi connectivity index (χ0) is 40.2. The zero-order valence-corrected chi connectivity index (χ0v) is 33.4. The van der Waals surface area contributed by atoms with Crippen molar-refractivity contribution in [1.29, 1.82) is 0 Å². The van der Waals surface area contributed by atoms with Crippen LogP contribution in [0.2, 0.25) is 0 Å². The topological polar surface area (TPSA) is 183 Å². The quantitative estimate of drug-likeness (QED) is 0.289. The third-order valence-electron chi connectivity index (χ3n) is 9.99. The molecule has 3 rings (SSSR count). The lowest BCUT2D eigenvalue weighted by molar-refractivity contribution is -0.144. The van der Waals surface area contributed by atoms with E-state index >= 15 is 0 Å². The largest absolute Gasteiger partial charge is 0.444 e. The molecule has 0 aliphatic carbocycles. The van der Waals surface area contributed by atoms with E-state index in [0.29, 0.717) is 24.8 Å². The molecule has 2 fully saturated rings. The smallest absolute Gasteiger partial charge is 0.408 e. The molecule has 1 aromatic rings. The third-order valence-corrected chi connectivity index (χ3v) is 9.99. The summed E-state index contributed by atoms with van der Waals surface area (Å²) in [7, 11) is 3.13. The van der Waals surface area contributed by atoms with Crippen molar-refractivity contribution in [3.63, 3.8) is 0 Å². The Morgan fingerprint density at radius 3 is 2.19 bits per heavy atom. The second kappa shape index (κ2) is 19.7. The summed E-state index contributed by atoms with van der Waals surface area (Å²) < 4.78 is 5.53. The predicted octanol–water partition coefficient (Wildman–Crippen LogP) is 3.78. The molecule has 0 saturated carbocycles. The molecule has 3 unspecified atom stereocenters. The van der Waals surface area contributed by atoms with Gasteiger partial charge in [-0.15, -0.1) is 0 Å². The van der Waals surface area contributed by atoms with Crippen LogP contribution in [0.4, 0.5) is 4.79 Å². The van der Waals surface area contributed by atoms with Crippen molar-refractivity contribution in [3.05, 3.63) is 35.9 Å². The first-order valence-corrected chi connectivity index (χ1v) is 19.3. The van der Waals surface area contributed by atoms with Gasteiger partial charge in [-0.3, -0.25) is 28.8 Å². The number of ketones is 1. The molecular formula is C40H62N6O8. The van der Waals surface area contributed by atoms with E-state index in [9.17, 15) is 33.6 Å². The van der Waals surface area contributed by atoms with E-state index in [2.05, 4.69) is 21.3 Å². The number of Topliss-reactive ketones (excluding diaryl/α,β-unsaturated/α-hetero) is 1. The lowest BCUT2D eigenvalue weighted by atomic mass is 9.78. The molecule has 5 atom stereocenters. The Bertz CT molecular complexity index is 1490. The number of amides is 6. The second-order valence-corrected chi connectivity index (χ2v) is 16.7. The van der Waals surface area contributed by atoms with Crippen LogP contribution in [-0.2, 0) is 33.5 Å². The van der Waals surface area contributed by atoms with Gasteiger partial charge in [-0.1, -0.05) is 96.0 Å². The molecule has 0 aromatic heterocycles. The van der Waals surface area contributed by atoms with E-state index in [1.54, 1.807) is 65.2 Å². The van der Waals surface area contributed by atoms with E-state index < -0.39 is 77.2 Å². The average molecular weight is 755 g/mol. The molecule has 1 aromatic carbocycles. The Morgan fingerprint density at radius 1 is 0.963 bits per heavy atom. The molecule has 14 heteroatoms. The van der Waals surface area contributed by atoms with Crippen LogP contribution in [0.5, 0.6) is 0 Å². The zero-order valence-electron chi connectivity index (χ0n) is 33.4. The Hall–Kier alpha value is -4.49. The standard InChI is InChI=1S/C40H62N6O8/c1-26-23-29-34(49)42-28(32(48)35(50)41-24-30(47)43-31(36(51)45(7)8)27-19-15-14-16-20-27)21-17-12-10-9-11-13-18-22-40(5,6)33(37(52)46(29)25-26)44-38(53)54-39(2,3)4/h14-16,19-20,26,28-29,31,33H,9-13,17-18,21-25H2,1-8H3,(H,41,50)(H,42,49)(H,43,47)(H,44,53)/t26-,28+,29?,31?,33?/m1/s1. The number of rotatable bonds is 8. The van der Waals surface area contributed by atoms with Gasteiger partial charge in [0, 0.05) is 20.6 Å². The van der Waals surface area contributed by atoms with Gasteiger partial charge in [0.05, 0.1) is 12.6 Å². The number of benzene rings is 1. The number of nitrogens with one attached hydrogen (secondary N) is 4. The first-order valence-electron chi connectivity index (χ1n) is 19.3. The second-order valence-electron chi connectivity index (χ2n) is 16.7. The van der Waals surface area contributed by atoms with Crippen LogP contribution < -0.4 is 21.3 Å². The van der Waals surface area contributed by atoms with Crippen molar-refractivity contribution in [3.8, 4) is 0 Å². The van der Waals surface area contributed by atoms with Gasteiger partial charge < -0.3 is 35.8 Å². The Kier molecular flexibility index (Phi) is 16.0. The molecule has 4 N–H and O–H groups in total. The fourth-order valence-corrected chi connectivity index (χ4v) is 7.02. The first-order chi connectivity index (χ1) is 25.3. The average Bonchev–Trinajstić information content (AvgIpc) is 3.50. The number of hydrogen-bond acceptors (Lipinski definition) is 8. The van der Waals surface area contributed by atoms with Crippen molar-refractivity contribution in [2.45, 2.75) is 136 Å². The normalized spacial score (nSPS) is 23.4. The van der Waals surface area contributed by atoms with Gasteiger partial charge in [0.15, 0.2) is 0 Å². The van der Waals surface area contributed by atoms with Crippen LogP contribution in [0.3, 0.4) is 0 Å². The molecule has 300 valence electrons. The predicted molar refractivity (Wildman–Crippen MR) is 204 cm³/mol. The SMILES string of the molecule is C[C@@H]1CC2C(=O)N[C@H](C(=O)C(=O)NCC(=O)NC(C(=O)N(C)C)c3ccccc3)CCCCCCCCCC(C)(C)C(NC(=O)OC(C)(C)C)C(=O)N2C1. The van der Waals surface area contributed by atoms with E-state index in [-0.39, 0.29) is 24.8 Å². The molecule has 2 heterocycles. The van der Waals surface area contributed by atoms with Gasteiger partial charge in [0.2, 0.25) is 29.4 Å². The fraction of sp³-hybridized carbons (Fsp3) is 0.675. The van der Waals surface area contributed by atoms with Crippen molar-refractivity contribution in [2.75, 3.05) is 27.2 Å². The van der Waals surface area contributed by atoms with E-state index in [4.69, 9.17) is 4.74 Å². The Morgan fingerprint density at radius 2 is 1.57 bits per heavy atom. The van der Waals surface area contributed by atoms with Gasteiger partial charge in [0.1, 0.15) is 23.7 Å². The first kappa shape index (κ1) is 43.9. The highest BCUT2D eigenvalue weighted by molar-refractivity contribution is 6.38. The van der Waals surface area contributed by atoms with Gasteiger partial charge in [0.25, 0.3) is 5.91 Å². The van der Waals surface area contributed by atoms with Crippen LogP contribution in [0, 0.1) is 11.3 Å². The summed E-state index contributed by atoms with van der Waals surface area (Å²) >= 11 is 0. The van der Waals surface area contributed by atoms with E-state index in [0.717, 1.165) is 38.5 Å². The number of hydrogen-bond donors (Lipinski definition) is 4. The highest BCUT2D eigenvalue weighted by Gasteiger charge is 2.46. The maximum Gasteiger partial charge on any atom is 0.408 e. The van der Waals surface area contributed by atoms with Crippen molar-refractivity contribution >= 4 is 41.4 Å². The number of likely N-dealkylation sites (N-methyl/N-ethyl adjacent to an activating group) is 1. The number of carbonyl (C=O) groups excluding carboxylic acids is 7. The summed E-state index contributed by atoms with van der Waals surface area (Å²) in [5.74, 6) is -4.03. The van der Waals surface area contributed by atoms with Crippen molar-refractivity contribution in [1.82, 2.24) is 31.1 Å². The number of nitrogens with zero attached hydrogens (tertiary/aromatic N) is 2. The molecule has 14 nitrogen and oxygen atoms in total. The molecule has 0 spiro atoms. The maximum atomic E-state index is 14.4. The minimum Gasteiger partial charge on any atom is -0.444 e. The highest BCUT2D eigenvalue weighted by Crippen LogP contribution is 2.33. The lowest BCUT2D eigenvalue weighted by Crippen LogP contribution is -2.59. The maximum absolute atomic E-state index is 14.4. The number of carbonyl (C=O) groups is 7. The van der Waals surface area contributed by atoms with Crippen LogP contribution in [0.25, 0.3) is 0 Å². The van der Waals surface area contributed by atoms with Crippen LogP contribution >= 0.6 is 0 Å². The molecular weight excluding hydrogens is 692 g/mol. The van der Waals surface area contributed by atoms with E-state index in [1.165, 1.54) is 9.80 Å². The molecule has 2 aliphatic rings. The molecule has 2 aliphatic heterocycles. The molecule has 0 radical (unpaired) electrons. The highest BCUT2D eigenvalue weighted by atomic mass is 16.6. The summed E-state index contributed by atoms with van der Waals surface area (Å²) in [5, 5.41) is 10.6. The van der Waals surface area contributed by atoms with E-state index in [1.807, 2.05) is 20.8 Å². The Labute approximate surface area is 320 Å². The lowest BCUT2D eigenvalue weighted by Gasteiger charge is -2.38. The summed E-state index contributed by atoms with van der Waals surface area (Å²) in [6.07, 6.45) is 6.51. The summed E-state index contributed by atoms with van der Waals surface area (Å²) in [5.41, 5.74) is -0.898. The minimum absolute atomic E-state index is 0.0457. The molecule has 54 heavy (non-hydrogen) atoms. The van der Waals surface area contributed by atoms with Crippen LogP contribution in [0.15, 0.2) is 30.3 Å². The monoisotopic (exact) mass is 754 g/mol. The third kappa shape index (κ3) is 13.1. The van der Waals surface area contributed by atoms with Gasteiger partial charge in [-0.05, 0) is 56.9 Å². The van der Waals surface area contributed by atoms with Crippen LogP contribution in [0.1, 0.15) is 117 Å². The molecule has 2 saturated heterocycles. The molecule has 0 bridgehead atoms. The van der Waals surface area contributed by atoms with Crippen molar-refractivity contribution in [2.24, 2.45) is 11.3 Å². The van der Waals surface area contributed by atoms with Gasteiger partial charge in [-0.25, -0.2) is 4.79 Å². The fourth-order valence-electron chi connectivity index (χ4n) is 7.02. The summed E-state index contributed by atoms with van der Waals surface area (Å²) in [4.78, 5) is 96.9. The Balaban J connectivity index is 1.80. The van der Waals surface area contributed by atoms with Gasteiger partial charge in [-0.2, -0.15) is 0 Å².